The van der Waals surface area contributed by atoms with Crippen molar-refractivity contribution in [1.82, 2.24) is 4.90 Å². The second kappa shape index (κ2) is 5.83. The third kappa shape index (κ3) is 2.86. The first-order chi connectivity index (χ1) is 9.36. The van der Waals surface area contributed by atoms with E-state index in [2.05, 4.69) is 35.3 Å². The third-order valence-corrected chi connectivity index (χ3v) is 4.22. The van der Waals surface area contributed by atoms with Gasteiger partial charge in [-0.05, 0) is 31.4 Å². The summed E-state index contributed by atoms with van der Waals surface area (Å²) in [4.78, 5) is 2.58. The lowest BCUT2D eigenvalue weighted by Gasteiger charge is -2.24. The number of likely N-dealkylation sites (tertiary alicyclic amines) is 1. The molecule has 0 bridgehead atoms. The Labute approximate surface area is 115 Å². The molecule has 0 aromatic heterocycles. The molecule has 1 N–H and O–H groups in total. The summed E-state index contributed by atoms with van der Waals surface area (Å²) in [5, 5.41) is 3.41. The molecule has 3 nitrogen and oxygen atoms in total. The molecule has 0 radical (unpaired) electrons. The molecule has 3 rings (SSSR count). The SMILES string of the molecule is CCCC1CCN(Cc2cccc3c2OCCN3)C1. The van der Waals surface area contributed by atoms with E-state index in [1.165, 1.54) is 37.9 Å². The second-order valence-corrected chi connectivity index (χ2v) is 5.75. The van der Waals surface area contributed by atoms with Gasteiger partial charge in [-0.25, -0.2) is 0 Å². The highest BCUT2D eigenvalue weighted by Crippen LogP contribution is 2.33. The monoisotopic (exact) mass is 260 g/mol. The number of nitrogens with zero attached hydrogens (tertiary/aromatic N) is 1. The van der Waals surface area contributed by atoms with Gasteiger partial charge in [0.1, 0.15) is 12.4 Å². The summed E-state index contributed by atoms with van der Waals surface area (Å²) >= 11 is 0. The average Bonchev–Trinajstić information content (AvgIpc) is 2.87. The highest BCUT2D eigenvalue weighted by molar-refractivity contribution is 5.61. The van der Waals surface area contributed by atoms with Crippen molar-refractivity contribution in [2.75, 3.05) is 31.6 Å². The number of para-hydroxylation sites is 1. The van der Waals surface area contributed by atoms with E-state index < -0.39 is 0 Å². The standard InChI is InChI=1S/C16H24N2O/c1-2-4-13-7-9-18(11-13)12-14-5-3-6-15-16(14)19-10-8-17-15/h3,5-6,13,17H,2,4,7-12H2,1H3. The van der Waals surface area contributed by atoms with Crippen LogP contribution in [0.1, 0.15) is 31.7 Å². The summed E-state index contributed by atoms with van der Waals surface area (Å²) in [6.07, 6.45) is 4.05. The number of rotatable bonds is 4. The summed E-state index contributed by atoms with van der Waals surface area (Å²) in [6, 6.07) is 6.45. The van der Waals surface area contributed by atoms with E-state index in [9.17, 15) is 0 Å². The van der Waals surface area contributed by atoms with Crippen LogP contribution in [0.15, 0.2) is 18.2 Å². The van der Waals surface area contributed by atoms with Crippen molar-refractivity contribution in [1.29, 1.82) is 0 Å². The Morgan fingerprint density at radius 3 is 3.26 bits per heavy atom. The fraction of sp³-hybridized carbons (Fsp3) is 0.625. The summed E-state index contributed by atoms with van der Waals surface area (Å²) in [5.74, 6) is 1.98. The van der Waals surface area contributed by atoms with Crippen LogP contribution in [0.5, 0.6) is 5.75 Å². The van der Waals surface area contributed by atoms with E-state index in [0.717, 1.165) is 37.1 Å². The first-order valence-electron chi connectivity index (χ1n) is 7.57. The van der Waals surface area contributed by atoms with Gasteiger partial charge in [0.2, 0.25) is 0 Å². The molecule has 1 atom stereocenters. The van der Waals surface area contributed by atoms with Crippen molar-refractivity contribution in [2.45, 2.75) is 32.7 Å². The van der Waals surface area contributed by atoms with Crippen molar-refractivity contribution < 1.29 is 4.74 Å². The number of fused-ring (bicyclic) bond motifs is 1. The van der Waals surface area contributed by atoms with E-state index in [-0.39, 0.29) is 0 Å². The molecule has 0 spiro atoms. The lowest BCUT2D eigenvalue weighted by molar-refractivity contribution is 0.289. The van der Waals surface area contributed by atoms with Gasteiger partial charge >= 0.3 is 0 Å². The van der Waals surface area contributed by atoms with Crippen LogP contribution in [0, 0.1) is 5.92 Å². The number of hydrogen-bond donors (Lipinski definition) is 1. The maximum atomic E-state index is 5.85. The average molecular weight is 260 g/mol. The van der Waals surface area contributed by atoms with Gasteiger partial charge in [-0.2, -0.15) is 0 Å². The van der Waals surface area contributed by atoms with Crippen LogP contribution in [0.3, 0.4) is 0 Å². The van der Waals surface area contributed by atoms with E-state index >= 15 is 0 Å². The molecule has 0 amide bonds. The van der Waals surface area contributed by atoms with Crippen molar-refractivity contribution in [3.05, 3.63) is 23.8 Å². The van der Waals surface area contributed by atoms with Gasteiger partial charge in [0.05, 0.1) is 5.69 Å². The highest BCUT2D eigenvalue weighted by Gasteiger charge is 2.23. The minimum absolute atomic E-state index is 0.780. The Morgan fingerprint density at radius 1 is 1.42 bits per heavy atom. The summed E-state index contributed by atoms with van der Waals surface area (Å²) < 4.78 is 5.85. The molecule has 2 heterocycles. The minimum atomic E-state index is 0.780. The molecule has 3 heteroatoms. The number of hydrogen-bond acceptors (Lipinski definition) is 3. The van der Waals surface area contributed by atoms with Crippen molar-refractivity contribution in [3.8, 4) is 5.75 Å². The van der Waals surface area contributed by atoms with E-state index in [0.29, 0.717) is 0 Å². The molecule has 0 aliphatic carbocycles. The van der Waals surface area contributed by atoms with E-state index in [4.69, 9.17) is 4.74 Å². The van der Waals surface area contributed by atoms with Crippen LogP contribution < -0.4 is 10.1 Å². The summed E-state index contributed by atoms with van der Waals surface area (Å²) in [5.41, 5.74) is 2.50. The van der Waals surface area contributed by atoms with Crippen LogP contribution in [-0.2, 0) is 6.54 Å². The van der Waals surface area contributed by atoms with E-state index in [1.807, 2.05) is 0 Å². The van der Waals surface area contributed by atoms with Gasteiger partial charge in [0, 0.05) is 25.2 Å². The zero-order chi connectivity index (χ0) is 13.1. The third-order valence-electron chi connectivity index (χ3n) is 4.22. The molecule has 1 aromatic carbocycles. The summed E-state index contributed by atoms with van der Waals surface area (Å²) in [7, 11) is 0. The van der Waals surface area contributed by atoms with Crippen LogP contribution >= 0.6 is 0 Å². The number of benzene rings is 1. The van der Waals surface area contributed by atoms with Gasteiger partial charge < -0.3 is 10.1 Å². The molecule has 2 aliphatic heterocycles. The van der Waals surface area contributed by atoms with Crippen molar-refractivity contribution >= 4 is 5.69 Å². The quantitative estimate of drug-likeness (QED) is 0.900. The van der Waals surface area contributed by atoms with Gasteiger partial charge in [-0.1, -0.05) is 25.5 Å². The van der Waals surface area contributed by atoms with Gasteiger partial charge in [-0.3, -0.25) is 4.90 Å². The molecule has 104 valence electrons. The fourth-order valence-corrected chi connectivity index (χ4v) is 3.30. The Kier molecular flexibility index (Phi) is 3.92. The van der Waals surface area contributed by atoms with Crippen LogP contribution in [0.2, 0.25) is 0 Å². The molecule has 0 saturated carbocycles. The molecular weight excluding hydrogens is 236 g/mol. The fourth-order valence-electron chi connectivity index (χ4n) is 3.30. The molecule has 1 fully saturated rings. The van der Waals surface area contributed by atoms with Crippen LogP contribution in [-0.4, -0.2) is 31.1 Å². The van der Waals surface area contributed by atoms with Crippen molar-refractivity contribution in [2.24, 2.45) is 5.92 Å². The largest absolute Gasteiger partial charge is 0.489 e. The summed E-state index contributed by atoms with van der Waals surface area (Å²) in [6.45, 7) is 7.51. The topological polar surface area (TPSA) is 24.5 Å². The Bertz CT molecular complexity index is 433. The Balaban J connectivity index is 1.67. The Hall–Kier alpha value is -1.22. The first kappa shape index (κ1) is 12.8. The lowest BCUT2D eigenvalue weighted by atomic mass is 10.0. The Morgan fingerprint density at radius 2 is 2.37 bits per heavy atom. The number of nitrogens with one attached hydrogen (secondary N) is 1. The molecule has 1 aromatic rings. The molecule has 2 aliphatic rings. The zero-order valence-corrected chi connectivity index (χ0v) is 11.8. The molecule has 1 unspecified atom stereocenters. The van der Waals surface area contributed by atoms with Gasteiger partial charge in [0.15, 0.2) is 0 Å². The first-order valence-corrected chi connectivity index (χ1v) is 7.57. The van der Waals surface area contributed by atoms with Gasteiger partial charge in [0.25, 0.3) is 0 Å². The normalized spacial score (nSPS) is 22.7. The smallest absolute Gasteiger partial charge is 0.146 e. The maximum absolute atomic E-state index is 5.85. The van der Waals surface area contributed by atoms with Gasteiger partial charge in [-0.15, -0.1) is 0 Å². The molecular formula is C16H24N2O. The maximum Gasteiger partial charge on any atom is 0.146 e. The zero-order valence-electron chi connectivity index (χ0n) is 11.8. The molecule has 1 saturated heterocycles. The van der Waals surface area contributed by atoms with Crippen molar-refractivity contribution in [3.63, 3.8) is 0 Å². The number of anilines is 1. The predicted molar refractivity (Wildman–Crippen MR) is 78.7 cm³/mol. The van der Waals surface area contributed by atoms with Crippen LogP contribution in [0.4, 0.5) is 5.69 Å². The second-order valence-electron chi connectivity index (χ2n) is 5.75. The number of ether oxygens (including phenoxy) is 1. The highest BCUT2D eigenvalue weighted by atomic mass is 16.5. The molecule has 19 heavy (non-hydrogen) atoms. The van der Waals surface area contributed by atoms with Crippen LogP contribution in [0.25, 0.3) is 0 Å². The van der Waals surface area contributed by atoms with E-state index in [1.54, 1.807) is 0 Å². The lowest BCUT2D eigenvalue weighted by Crippen LogP contribution is -2.23. The minimum Gasteiger partial charge on any atom is -0.489 e. The predicted octanol–water partition coefficient (Wildman–Crippen LogP) is 3.11.